The monoisotopic (exact) mass is 212 g/mol. The van der Waals surface area contributed by atoms with Crippen molar-refractivity contribution in [3.8, 4) is 0 Å². The molecule has 1 fully saturated rings. The van der Waals surface area contributed by atoms with Gasteiger partial charge in [-0.3, -0.25) is 5.43 Å². The van der Waals surface area contributed by atoms with Crippen molar-refractivity contribution in [2.24, 2.45) is 5.92 Å². The van der Waals surface area contributed by atoms with E-state index in [1.807, 2.05) is 0 Å². The van der Waals surface area contributed by atoms with Crippen LogP contribution in [0.4, 0.5) is 0 Å². The highest BCUT2D eigenvalue weighted by molar-refractivity contribution is 4.77. The molecule has 1 aliphatic heterocycles. The molecule has 90 valence electrons. The van der Waals surface area contributed by atoms with Crippen molar-refractivity contribution in [1.82, 2.24) is 10.4 Å². The lowest BCUT2D eigenvalue weighted by Crippen LogP contribution is -2.53. The van der Waals surface area contributed by atoms with Gasteiger partial charge in [0.2, 0.25) is 0 Å². The Kier molecular flexibility index (Phi) is 5.62. The molecule has 1 heterocycles. The highest BCUT2D eigenvalue weighted by atomic mass is 15.5. The van der Waals surface area contributed by atoms with Crippen LogP contribution in [-0.2, 0) is 0 Å². The molecule has 0 aromatic heterocycles. The largest absolute Gasteiger partial charge is 0.254 e. The summed E-state index contributed by atoms with van der Waals surface area (Å²) >= 11 is 0. The second kappa shape index (κ2) is 6.49. The first kappa shape index (κ1) is 13.0. The smallest absolute Gasteiger partial charge is 0.0218 e. The van der Waals surface area contributed by atoms with Crippen LogP contribution in [0.3, 0.4) is 0 Å². The van der Waals surface area contributed by atoms with Gasteiger partial charge in [0.05, 0.1) is 0 Å². The minimum Gasteiger partial charge on any atom is -0.254 e. The molecular weight excluding hydrogens is 184 g/mol. The fraction of sp³-hybridized carbons (Fsp3) is 1.00. The SMILES string of the molecule is CCC(CC)CNN1C(C)CCCC1C. The van der Waals surface area contributed by atoms with Gasteiger partial charge in [-0.2, -0.15) is 0 Å². The van der Waals surface area contributed by atoms with E-state index in [-0.39, 0.29) is 0 Å². The van der Waals surface area contributed by atoms with Gasteiger partial charge >= 0.3 is 0 Å². The van der Waals surface area contributed by atoms with Crippen LogP contribution < -0.4 is 5.43 Å². The van der Waals surface area contributed by atoms with E-state index in [1.165, 1.54) is 32.1 Å². The summed E-state index contributed by atoms with van der Waals surface area (Å²) in [6, 6.07) is 1.42. The van der Waals surface area contributed by atoms with Crippen molar-refractivity contribution in [2.75, 3.05) is 6.54 Å². The minimum atomic E-state index is 0.711. The summed E-state index contributed by atoms with van der Waals surface area (Å²) in [6.45, 7) is 10.4. The number of rotatable bonds is 5. The van der Waals surface area contributed by atoms with Crippen molar-refractivity contribution < 1.29 is 0 Å². The molecule has 1 saturated heterocycles. The van der Waals surface area contributed by atoms with Crippen molar-refractivity contribution in [3.63, 3.8) is 0 Å². The van der Waals surface area contributed by atoms with Crippen LogP contribution in [0.2, 0.25) is 0 Å². The van der Waals surface area contributed by atoms with Crippen LogP contribution in [-0.4, -0.2) is 23.6 Å². The maximum Gasteiger partial charge on any atom is 0.0218 e. The lowest BCUT2D eigenvalue weighted by molar-refractivity contribution is 0.0400. The standard InChI is InChI=1S/C13H28N2/c1-5-13(6-2)10-14-15-11(3)8-7-9-12(15)4/h11-14H,5-10H2,1-4H3. The summed E-state index contributed by atoms with van der Waals surface area (Å²) in [7, 11) is 0. The number of nitrogens with one attached hydrogen (secondary N) is 1. The molecular formula is C13H28N2. The third-order valence-corrected chi connectivity index (χ3v) is 3.91. The van der Waals surface area contributed by atoms with Gasteiger partial charge in [0.15, 0.2) is 0 Å². The normalized spacial score (nSPS) is 28.6. The summed E-state index contributed by atoms with van der Waals surface area (Å²) in [6.07, 6.45) is 6.67. The molecule has 0 radical (unpaired) electrons. The van der Waals surface area contributed by atoms with Crippen LogP contribution in [0.15, 0.2) is 0 Å². The third-order valence-electron chi connectivity index (χ3n) is 3.91. The van der Waals surface area contributed by atoms with Gasteiger partial charge in [0, 0.05) is 18.6 Å². The van der Waals surface area contributed by atoms with E-state index in [1.54, 1.807) is 0 Å². The predicted octanol–water partition coefficient (Wildman–Crippen LogP) is 3.19. The number of hydrazine groups is 1. The summed E-state index contributed by atoms with van der Waals surface area (Å²) in [4.78, 5) is 0. The number of piperidine rings is 1. The molecule has 1 rings (SSSR count). The molecule has 0 bridgehead atoms. The van der Waals surface area contributed by atoms with E-state index in [9.17, 15) is 0 Å². The molecule has 15 heavy (non-hydrogen) atoms. The Balaban J connectivity index is 2.34. The van der Waals surface area contributed by atoms with Crippen molar-refractivity contribution >= 4 is 0 Å². The second-order valence-electron chi connectivity index (χ2n) is 5.08. The van der Waals surface area contributed by atoms with Gasteiger partial charge in [-0.05, 0) is 32.6 Å². The van der Waals surface area contributed by atoms with E-state index < -0.39 is 0 Å². The highest BCUT2D eigenvalue weighted by Gasteiger charge is 2.24. The maximum atomic E-state index is 3.66. The van der Waals surface area contributed by atoms with Gasteiger partial charge in [-0.25, -0.2) is 5.01 Å². The van der Waals surface area contributed by atoms with Gasteiger partial charge in [0.1, 0.15) is 0 Å². The Bertz CT molecular complexity index is 156. The van der Waals surface area contributed by atoms with E-state index in [2.05, 4.69) is 38.1 Å². The predicted molar refractivity (Wildman–Crippen MR) is 66.7 cm³/mol. The molecule has 2 heteroatoms. The minimum absolute atomic E-state index is 0.711. The average molecular weight is 212 g/mol. The van der Waals surface area contributed by atoms with Crippen LogP contribution >= 0.6 is 0 Å². The Morgan fingerprint density at radius 1 is 1.13 bits per heavy atom. The van der Waals surface area contributed by atoms with Crippen LogP contribution in [0.1, 0.15) is 59.8 Å². The topological polar surface area (TPSA) is 15.3 Å². The fourth-order valence-corrected chi connectivity index (χ4v) is 2.54. The number of hydrogen-bond donors (Lipinski definition) is 1. The molecule has 2 atom stereocenters. The van der Waals surface area contributed by atoms with E-state index in [0.29, 0.717) is 12.1 Å². The Hall–Kier alpha value is -0.0800. The van der Waals surface area contributed by atoms with E-state index >= 15 is 0 Å². The van der Waals surface area contributed by atoms with Crippen LogP contribution in [0.5, 0.6) is 0 Å². The first-order chi connectivity index (χ1) is 7.19. The lowest BCUT2D eigenvalue weighted by atomic mass is 9.99. The third kappa shape index (κ3) is 3.76. The zero-order chi connectivity index (χ0) is 11.3. The summed E-state index contributed by atoms with van der Waals surface area (Å²) in [5.41, 5.74) is 3.66. The molecule has 0 amide bonds. The second-order valence-corrected chi connectivity index (χ2v) is 5.08. The number of hydrogen-bond acceptors (Lipinski definition) is 2. The maximum absolute atomic E-state index is 3.66. The van der Waals surface area contributed by atoms with Gasteiger partial charge in [0.25, 0.3) is 0 Å². The Morgan fingerprint density at radius 2 is 1.67 bits per heavy atom. The molecule has 0 aliphatic carbocycles. The average Bonchev–Trinajstić information content (AvgIpc) is 2.23. The first-order valence-corrected chi connectivity index (χ1v) is 6.70. The molecule has 1 aliphatic rings. The Labute approximate surface area is 95.4 Å². The zero-order valence-electron chi connectivity index (χ0n) is 10.9. The molecule has 0 aromatic carbocycles. The molecule has 0 spiro atoms. The quantitative estimate of drug-likeness (QED) is 0.753. The zero-order valence-corrected chi connectivity index (χ0v) is 10.9. The van der Waals surface area contributed by atoms with Crippen molar-refractivity contribution in [2.45, 2.75) is 71.9 Å². The lowest BCUT2D eigenvalue weighted by Gasteiger charge is -2.39. The fourth-order valence-electron chi connectivity index (χ4n) is 2.54. The molecule has 1 N–H and O–H groups in total. The molecule has 2 nitrogen and oxygen atoms in total. The van der Waals surface area contributed by atoms with E-state index in [4.69, 9.17) is 0 Å². The van der Waals surface area contributed by atoms with Crippen molar-refractivity contribution in [1.29, 1.82) is 0 Å². The van der Waals surface area contributed by atoms with Crippen LogP contribution in [0, 0.1) is 5.92 Å². The Morgan fingerprint density at radius 3 is 2.13 bits per heavy atom. The summed E-state index contributed by atoms with van der Waals surface area (Å²) < 4.78 is 0. The highest BCUT2D eigenvalue weighted by Crippen LogP contribution is 2.20. The first-order valence-electron chi connectivity index (χ1n) is 6.70. The van der Waals surface area contributed by atoms with Gasteiger partial charge in [-0.1, -0.05) is 33.1 Å². The molecule has 0 aromatic rings. The number of nitrogens with zero attached hydrogens (tertiary/aromatic N) is 1. The summed E-state index contributed by atoms with van der Waals surface area (Å²) in [5, 5.41) is 2.49. The van der Waals surface area contributed by atoms with Crippen LogP contribution in [0.25, 0.3) is 0 Å². The van der Waals surface area contributed by atoms with E-state index in [0.717, 1.165) is 12.5 Å². The molecule has 0 saturated carbocycles. The van der Waals surface area contributed by atoms with Gasteiger partial charge in [-0.15, -0.1) is 0 Å². The van der Waals surface area contributed by atoms with Gasteiger partial charge < -0.3 is 0 Å². The van der Waals surface area contributed by atoms with Crippen molar-refractivity contribution in [3.05, 3.63) is 0 Å². The summed E-state index contributed by atoms with van der Waals surface area (Å²) in [5.74, 6) is 0.839. The molecule has 2 unspecified atom stereocenters.